The van der Waals surface area contributed by atoms with E-state index in [2.05, 4.69) is 4.90 Å². The van der Waals surface area contributed by atoms with Crippen LogP contribution >= 0.6 is 0 Å². The Morgan fingerprint density at radius 1 is 1.20 bits per heavy atom. The molecule has 1 aliphatic carbocycles. The minimum absolute atomic E-state index is 0.158. The molecule has 0 amide bonds. The van der Waals surface area contributed by atoms with E-state index in [0.717, 1.165) is 24.2 Å². The van der Waals surface area contributed by atoms with Crippen molar-refractivity contribution in [1.29, 1.82) is 0 Å². The summed E-state index contributed by atoms with van der Waals surface area (Å²) >= 11 is 0. The van der Waals surface area contributed by atoms with Crippen molar-refractivity contribution in [3.63, 3.8) is 0 Å². The summed E-state index contributed by atoms with van der Waals surface area (Å²) in [7, 11) is 0. The number of para-hydroxylation sites is 2. The quantitative estimate of drug-likeness (QED) is 0.640. The monoisotopic (exact) mass is 276 g/mol. The van der Waals surface area contributed by atoms with E-state index >= 15 is 0 Å². The van der Waals surface area contributed by atoms with Gasteiger partial charge in [-0.25, -0.2) is 0 Å². The smallest absolute Gasteiger partial charge is 0.305 e. The number of rotatable bonds is 5. The highest BCUT2D eigenvalue weighted by molar-refractivity contribution is 5.71. The molecule has 0 saturated heterocycles. The van der Waals surface area contributed by atoms with Crippen molar-refractivity contribution in [3.05, 3.63) is 24.3 Å². The van der Waals surface area contributed by atoms with Crippen LogP contribution in [0, 0.1) is 0 Å². The third kappa shape index (κ3) is 3.89. The van der Waals surface area contributed by atoms with E-state index < -0.39 is 5.97 Å². The molecule has 2 rings (SSSR count). The Morgan fingerprint density at radius 3 is 2.45 bits per heavy atom. The molecule has 1 aromatic carbocycles. The maximum Gasteiger partial charge on any atom is 0.305 e. The number of nitrogens with two attached hydrogens (primary N) is 1. The molecule has 0 heterocycles. The van der Waals surface area contributed by atoms with E-state index in [-0.39, 0.29) is 6.42 Å². The summed E-state index contributed by atoms with van der Waals surface area (Å²) in [4.78, 5) is 13.1. The molecule has 0 aliphatic heterocycles. The lowest BCUT2D eigenvalue weighted by Gasteiger charge is -2.34. The topological polar surface area (TPSA) is 66.6 Å². The summed E-state index contributed by atoms with van der Waals surface area (Å²) in [5.74, 6) is -0.752. The molecule has 4 heteroatoms. The van der Waals surface area contributed by atoms with Crippen molar-refractivity contribution in [2.75, 3.05) is 17.2 Å². The van der Waals surface area contributed by atoms with Crippen molar-refractivity contribution < 1.29 is 9.90 Å². The highest BCUT2D eigenvalue weighted by atomic mass is 16.4. The van der Waals surface area contributed by atoms with Gasteiger partial charge >= 0.3 is 5.97 Å². The van der Waals surface area contributed by atoms with Crippen LogP contribution in [0.3, 0.4) is 0 Å². The summed E-state index contributed by atoms with van der Waals surface area (Å²) < 4.78 is 0. The van der Waals surface area contributed by atoms with E-state index in [9.17, 15) is 4.79 Å². The maximum absolute atomic E-state index is 10.9. The van der Waals surface area contributed by atoms with Gasteiger partial charge in [-0.2, -0.15) is 0 Å². The van der Waals surface area contributed by atoms with Gasteiger partial charge < -0.3 is 15.7 Å². The van der Waals surface area contributed by atoms with E-state index in [4.69, 9.17) is 10.8 Å². The van der Waals surface area contributed by atoms with Gasteiger partial charge in [0.1, 0.15) is 0 Å². The van der Waals surface area contributed by atoms with Crippen molar-refractivity contribution >= 4 is 17.3 Å². The van der Waals surface area contributed by atoms with Crippen molar-refractivity contribution in [3.8, 4) is 0 Å². The zero-order chi connectivity index (χ0) is 14.4. The first-order valence-corrected chi connectivity index (χ1v) is 7.51. The lowest BCUT2D eigenvalue weighted by Crippen LogP contribution is -2.37. The Kier molecular flexibility index (Phi) is 5.27. The van der Waals surface area contributed by atoms with Crippen LogP contribution in [0.25, 0.3) is 0 Å². The molecule has 4 nitrogen and oxygen atoms in total. The number of carbonyl (C=O) groups is 1. The number of hydrogen-bond donors (Lipinski definition) is 2. The minimum atomic E-state index is -0.752. The average Bonchev–Trinajstić information content (AvgIpc) is 2.70. The second-order valence-electron chi connectivity index (χ2n) is 5.54. The van der Waals surface area contributed by atoms with Crippen LogP contribution < -0.4 is 10.6 Å². The number of carboxylic acid groups (broad SMARTS) is 1. The van der Waals surface area contributed by atoms with Gasteiger partial charge in [-0.15, -0.1) is 0 Å². The lowest BCUT2D eigenvalue weighted by atomic mass is 10.0. The van der Waals surface area contributed by atoms with E-state index in [1.165, 1.54) is 25.7 Å². The molecule has 0 unspecified atom stereocenters. The number of aliphatic carboxylic acids is 1. The first-order chi connectivity index (χ1) is 9.68. The molecule has 0 radical (unpaired) electrons. The molecule has 0 bridgehead atoms. The molecule has 0 aromatic heterocycles. The van der Waals surface area contributed by atoms with Gasteiger partial charge in [0, 0.05) is 12.6 Å². The fraction of sp³-hybridized carbons (Fsp3) is 0.562. The number of hydrogen-bond acceptors (Lipinski definition) is 3. The molecule has 1 saturated carbocycles. The Balaban J connectivity index is 2.19. The summed E-state index contributed by atoms with van der Waals surface area (Å²) in [6.45, 7) is 0.536. The summed E-state index contributed by atoms with van der Waals surface area (Å²) in [6, 6.07) is 8.20. The molecule has 1 aromatic rings. The summed E-state index contributed by atoms with van der Waals surface area (Å²) in [5.41, 5.74) is 7.81. The van der Waals surface area contributed by atoms with Gasteiger partial charge in [-0.1, -0.05) is 37.8 Å². The van der Waals surface area contributed by atoms with Gasteiger partial charge in [0.15, 0.2) is 0 Å². The Morgan fingerprint density at radius 2 is 1.85 bits per heavy atom. The molecular weight excluding hydrogens is 252 g/mol. The first kappa shape index (κ1) is 14.7. The third-order valence-corrected chi connectivity index (χ3v) is 4.08. The normalized spacial score (nSPS) is 16.6. The minimum Gasteiger partial charge on any atom is -0.481 e. The van der Waals surface area contributed by atoms with Gasteiger partial charge in [0.25, 0.3) is 0 Å². The highest BCUT2D eigenvalue weighted by Crippen LogP contribution is 2.30. The lowest BCUT2D eigenvalue weighted by molar-refractivity contribution is -0.136. The Labute approximate surface area is 120 Å². The third-order valence-electron chi connectivity index (χ3n) is 4.08. The molecule has 20 heavy (non-hydrogen) atoms. The summed E-state index contributed by atoms with van der Waals surface area (Å²) in [6.07, 6.45) is 7.44. The van der Waals surface area contributed by atoms with Gasteiger partial charge in [0.05, 0.1) is 17.8 Å². The summed E-state index contributed by atoms with van der Waals surface area (Å²) in [5, 5.41) is 8.97. The van der Waals surface area contributed by atoms with E-state index in [1.54, 1.807) is 0 Å². The van der Waals surface area contributed by atoms with Crippen LogP contribution in [0.1, 0.15) is 44.9 Å². The van der Waals surface area contributed by atoms with Gasteiger partial charge in [-0.3, -0.25) is 4.79 Å². The van der Waals surface area contributed by atoms with E-state index in [0.29, 0.717) is 12.6 Å². The van der Waals surface area contributed by atoms with Crippen molar-refractivity contribution in [2.45, 2.75) is 51.0 Å². The maximum atomic E-state index is 10.9. The molecule has 110 valence electrons. The molecular formula is C16H24N2O2. The second kappa shape index (κ2) is 7.17. The van der Waals surface area contributed by atoms with Crippen LogP contribution in [0.15, 0.2) is 24.3 Å². The van der Waals surface area contributed by atoms with Gasteiger partial charge in [0.2, 0.25) is 0 Å². The molecule has 0 atom stereocenters. The zero-order valence-electron chi connectivity index (χ0n) is 11.9. The van der Waals surface area contributed by atoms with Crippen LogP contribution in [0.5, 0.6) is 0 Å². The highest BCUT2D eigenvalue weighted by Gasteiger charge is 2.22. The second-order valence-corrected chi connectivity index (χ2v) is 5.54. The Hall–Kier alpha value is -1.71. The standard InChI is InChI=1S/C16H24N2O2/c17-14-9-5-6-10-15(14)18(12-11-16(19)20)13-7-3-1-2-4-8-13/h5-6,9-10,13H,1-4,7-8,11-12,17H2,(H,19,20). The predicted molar refractivity (Wildman–Crippen MR) is 81.9 cm³/mol. The fourth-order valence-corrected chi connectivity index (χ4v) is 3.03. The predicted octanol–water partition coefficient (Wildman–Crippen LogP) is 3.27. The number of carboxylic acids is 1. The van der Waals surface area contributed by atoms with Crippen LogP contribution in [-0.4, -0.2) is 23.7 Å². The van der Waals surface area contributed by atoms with Crippen molar-refractivity contribution in [1.82, 2.24) is 0 Å². The fourth-order valence-electron chi connectivity index (χ4n) is 3.03. The molecule has 1 aliphatic rings. The SMILES string of the molecule is Nc1ccccc1N(CCC(=O)O)C1CCCCCC1. The molecule has 3 N–H and O–H groups in total. The molecule has 0 spiro atoms. The number of nitrogens with zero attached hydrogens (tertiary/aromatic N) is 1. The van der Waals surface area contributed by atoms with Crippen LogP contribution in [-0.2, 0) is 4.79 Å². The largest absolute Gasteiger partial charge is 0.481 e. The first-order valence-electron chi connectivity index (χ1n) is 7.51. The zero-order valence-corrected chi connectivity index (χ0v) is 11.9. The average molecular weight is 276 g/mol. The number of nitrogen functional groups attached to an aromatic ring is 1. The van der Waals surface area contributed by atoms with Crippen molar-refractivity contribution in [2.24, 2.45) is 0 Å². The number of anilines is 2. The van der Waals surface area contributed by atoms with Crippen LogP contribution in [0.4, 0.5) is 11.4 Å². The van der Waals surface area contributed by atoms with Crippen LogP contribution in [0.2, 0.25) is 0 Å². The Bertz CT molecular complexity index is 440. The van der Waals surface area contributed by atoms with Gasteiger partial charge in [-0.05, 0) is 25.0 Å². The number of benzene rings is 1. The molecule has 1 fully saturated rings. The van der Waals surface area contributed by atoms with E-state index in [1.807, 2.05) is 24.3 Å².